The Hall–Kier alpha value is -1.09. The summed E-state index contributed by atoms with van der Waals surface area (Å²) < 4.78 is 34.0. The van der Waals surface area contributed by atoms with E-state index in [2.05, 4.69) is 48.1 Å². The standard InChI is InChI=1S/2C8H11N.Br.ClHO4/c2*1-6-4-7(2)9-8(3)5-6;;2-1(3,4)5/h2*4-5H,1-3H3;;(H,2,3,4,5)/p-1. The van der Waals surface area contributed by atoms with E-state index in [9.17, 15) is 0 Å². The lowest BCUT2D eigenvalue weighted by molar-refractivity contribution is -2.00. The molecule has 2 aromatic heterocycles. The minimum atomic E-state index is -4.94. The third kappa shape index (κ3) is 15.8. The van der Waals surface area contributed by atoms with Crippen LogP contribution in [0, 0.1) is 51.8 Å². The minimum Gasteiger partial charge on any atom is -0.258 e. The normalized spacial score (nSPS) is 9.75. The first-order valence-corrected chi connectivity index (χ1v) is 8.06. The van der Waals surface area contributed by atoms with Crippen molar-refractivity contribution in [2.24, 2.45) is 0 Å². The molecule has 0 saturated heterocycles. The number of hydrogen-bond donors (Lipinski definition) is 0. The molecule has 0 aromatic carbocycles. The fraction of sp³-hybridized carbons (Fsp3) is 0.375. The average Bonchev–Trinajstić information content (AvgIpc) is 2.22. The second-order valence-corrected chi connectivity index (χ2v) is 5.99. The Bertz CT molecular complexity index is 478. The molecule has 0 aliphatic carbocycles. The second-order valence-electron chi connectivity index (χ2n) is 5.23. The number of nitrogens with zero attached hydrogens (tertiary/aromatic N) is 2. The number of hydrogen-bond acceptors (Lipinski definition) is 6. The summed E-state index contributed by atoms with van der Waals surface area (Å²) in [6, 6.07) is 8.31. The molecule has 6 nitrogen and oxygen atoms in total. The summed E-state index contributed by atoms with van der Waals surface area (Å²) in [6.45, 7) is 12.2. The zero-order valence-electron chi connectivity index (χ0n) is 14.6. The molecule has 24 heavy (non-hydrogen) atoms. The van der Waals surface area contributed by atoms with Crippen LogP contribution in [-0.4, -0.2) is 9.97 Å². The third-order valence-corrected chi connectivity index (χ3v) is 2.45. The molecule has 0 amide bonds. The summed E-state index contributed by atoms with van der Waals surface area (Å²) >= 11 is 0. The van der Waals surface area contributed by atoms with Crippen LogP contribution in [0.4, 0.5) is 0 Å². The van der Waals surface area contributed by atoms with Gasteiger partial charge in [-0.3, -0.25) is 9.97 Å². The van der Waals surface area contributed by atoms with Crippen LogP contribution in [0.25, 0.3) is 0 Å². The van der Waals surface area contributed by atoms with Crippen LogP contribution in [0.15, 0.2) is 24.3 Å². The molecule has 0 fully saturated rings. The molecule has 0 bridgehead atoms. The summed E-state index contributed by atoms with van der Waals surface area (Å²) in [5, 5.41) is 0. The van der Waals surface area contributed by atoms with Crippen LogP contribution in [0.3, 0.4) is 0 Å². The van der Waals surface area contributed by atoms with Gasteiger partial charge in [-0.05, 0) is 76.9 Å². The molecule has 0 aliphatic rings. The van der Waals surface area contributed by atoms with E-state index in [-0.39, 0.29) is 17.0 Å². The van der Waals surface area contributed by atoms with Crippen molar-refractivity contribution in [3.8, 4) is 0 Å². The Labute approximate surface area is 155 Å². The molecule has 1 radical (unpaired) electrons. The van der Waals surface area contributed by atoms with Crippen LogP contribution >= 0.6 is 17.0 Å². The van der Waals surface area contributed by atoms with Crippen LogP contribution in [-0.2, 0) is 0 Å². The van der Waals surface area contributed by atoms with Gasteiger partial charge in [0.2, 0.25) is 0 Å². The summed E-state index contributed by atoms with van der Waals surface area (Å²) in [5.41, 5.74) is 7.00. The molecule has 0 saturated carbocycles. The van der Waals surface area contributed by atoms with E-state index >= 15 is 0 Å². The summed E-state index contributed by atoms with van der Waals surface area (Å²) in [6.07, 6.45) is 0. The number of pyridine rings is 2. The quantitative estimate of drug-likeness (QED) is 0.595. The van der Waals surface area contributed by atoms with Crippen molar-refractivity contribution < 1.29 is 28.9 Å². The number of halogens is 2. The first-order chi connectivity index (χ1) is 10.4. The lowest BCUT2D eigenvalue weighted by Gasteiger charge is -2.17. The molecular weight excluding hydrogens is 400 g/mol. The average molecular weight is 422 g/mol. The smallest absolute Gasteiger partial charge is 0.0378 e. The van der Waals surface area contributed by atoms with Crippen LogP contribution in [0.1, 0.15) is 33.9 Å². The summed E-state index contributed by atoms with van der Waals surface area (Å²) in [5.74, 6) is 0. The van der Waals surface area contributed by atoms with E-state index in [1.54, 1.807) is 0 Å². The highest BCUT2D eigenvalue weighted by atomic mass is 79.9. The highest BCUT2D eigenvalue weighted by Gasteiger charge is 1.89. The molecular formula is C16H22BrClN2O4-. The van der Waals surface area contributed by atoms with Crippen molar-refractivity contribution >= 4 is 17.0 Å². The topological polar surface area (TPSA) is 118 Å². The van der Waals surface area contributed by atoms with Crippen molar-refractivity contribution in [3.63, 3.8) is 0 Å². The van der Waals surface area contributed by atoms with E-state index in [1.807, 2.05) is 27.7 Å². The molecule has 135 valence electrons. The van der Waals surface area contributed by atoms with Crippen LogP contribution in [0.2, 0.25) is 0 Å². The van der Waals surface area contributed by atoms with Gasteiger partial charge in [-0.15, -0.1) is 10.2 Å². The van der Waals surface area contributed by atoms with Gasteiger partial charge in [0.05, 0.1) is 0 Å². The van der Waals surface area contributed by atoms with Crippen molar-refractivity contribution in [3.05, 3.63) is 58.2 Å². The maximum atomic E-state index is 8.49. The first-order valence-electron chi connectivity index (χ1n) is 6.82. The van der Waals surface area contributed by atoms with E-state index in [4.69, 9.17) is 18.6 Å². The molecule has 0 N–H and O–H groups in total. The molecule has 0 aliphatic heterocycles. The van der Waals surface area contributed by atoms with Crippen molar-refractivity contribution in [2.45, 2.75) is 41.5 Å². The lowest BCUT2D eigenvalue weighted by atomic mass is 10.2. The van der Waals surface area contributed by atoms with Gasteiger partial charge in [0.1, 0.15) is 0 Å². The zero-order chi connectivity index (χ0) is 18.2. The maximum Gasteiger partial charge on any atom is 0.0378 e. The molecule has 8 heteroatoms. The molecule has 0 atom stereocenters. The van der Waals surface area contributed by atoms with Crippen molar-refractivity contribution in [2.75, 3.05) is 0 Å². The Balaban J connectivity index is 0. The van der Waals surface area contributed by atoms with Gasteiger partial charge in [0, 0.05) is 39.8 Å². The van der Waals surface area contributed by atoms with E-state index in [0.717, 1.165) is 22.8 Å². The van der Waals surface area contributed by atoms with E-state index in [1.165, 1.54) is 11.1 Å². The number of rotatable bonds is 0. The fourth-order valence-corrected chi connectivity index (χ4v) is 2.09. The Kier molecular flexibility index (Phi) is 12.0. The summed E-state index contributed by atoms with van der Waals surface area (Å²) in [7, 11) is -4.94. The highest BCUT2D eigenvalue weighted by molar-refractivity contribution is 8.93. The molecule has 0 unspecified atom stereocenters. The molecule has 2 rings (SSSR count). The van der Waals surface area contributed by atoms with Gasteiger partial charge < -0.3 is 0 Å². The predicted molar refractivity (Wildman–Crippen MR) is 85.8 cm³/mol. The number of aryl methyl sites for hydroxylation is 6. The predicted octanol–water partition coefficient (Wildman–Crippen LogP) is 0.103. The third-order valence-electron chi connectivity index (χ3n) is 2.45. The Morgan fingerprint density at radius 3 is 0.875 bits per heavy atom. The molecule has 2 aromatic rings. The fourth-order valence-electron chi connectivity index (χ4n) is 2.09. The maximum absolute atomic E-state index is 8.49. The van der Waals surface area contributed by atoms with Gasteiger partial charge >= 0.3 is 0 Å². The van der Waals surface area contributed by atoms with Crippen molar-refractivity contribution in [1.29, 1.82) is 0 Å². The van der Waals surface area contributed by atoms with Crippen LogP contribution in [0.5, 0.6) is 0 Å². The van der Waals surface area contributed by atoms with Crippen LogP contribution < -0.4 is 18.6 Å². The van der Waals surface area contributed by atoms with Gasteiger partial charge in [0.15, 0.2) is 0 Å². The minimum absolute atomic E-state index is 0. The van der Waals surface area contributed by atoms with E-state index < -0.39 is 10.2 Å². The molecule has 0 spiro atoms. The largest absolute Gasteiger partial charge is 0.258 e. The molecule has 2 heterocycles. The van der Waals surface area contributed by atoms with Crippen molar-refractivity contribution in [1.82, 2.24) is 9.97 Å². The van der Waals surface area contributed by atoms with E-state index in [0.29, 0.717) is 0 Å². The van der Waals surface area contributed by atoms with Gasteiger partial charge in [-0.2, -0.15) is 0 Å². The highest BCUT2D eigenvalue weighted by Crippen LogP contribution is 2.02. The number of aromatic nitrogens is 2. The summed E-state index contributed by atoms with van der Waals surface area (Å²) in [4.78, 5) is 8.47. The Morgan fingerprint density at radius 1 is 0.583 bits per heavy atom. The SMILES string of the molecule is Cc1cc(C)nc(C)c1.Cc1cc(C)nc(C)c1.[Br].[O-][Cl+3]([O-])([O-])[O-]. The van der Waals surface area contributed by atoms with Gasteiger partial charge in [0.25, 0.3) is 0 Å². The monoisotopic (exact) mass is 420 g/mol. The first kappa shape index (κ1) is 25.2. The zero-order valence-corrected chi connectivity index (χ0v) is 16.9. The Morgan fingerprint density at radius 2 is 0.750 bits per heavy atom. The second kappa shape index (κ2) is 11.5. The van der Waals surface area contributed by atoms with Gasteiger partial charge in [-0.1, -0.05) is 0 Å². The van der Waals surface area contributed by atoms with Gasteiger partial charge in [-0.25, -0.2) is 18.6 Å². The lowest BCUT2D eigenvalue weighted by Crippen LogP contribution is -2.68.